The summed E-state index contributed by atoms with van der Waals surface area (Å²) in [5, 5.41) is 0. The quantitative estimate of drug-likeness (QED) is 0.0261. The Balaban J connectivity index is 4.33. The predicted molar refractivity (Wildman–Crippen MR) is 357 cm³/mol. The Morgan fingerprint density at radius 3 is 0.793 bits per heavy atom. The monoisotopic (exact) mass is 1130 g/mol. The van der Waals surface area contributed by atoms with Crippen LogP contribution in [0.15, 0.2) is 182 Å². The Bertz CT molecular complexity index is 1920. The zero-order chi connectivity index (χ0) is 59.2. The van der Waals surface area contributed by atoms with E-state index in [1.807, 2.05) is 12.2 Å². The van der Waals surface area contributed by atoms with E-state index in [0.29, 0.717) is 19.3 Å². The molecular weight excluding hydrogens is 1010 g/mol. The third kappa shape index (κ3) is 65.3. The van der Waals surface area contributed by atoms with Gasteiger partial charge in [0.15, 0.2) is 6.10 Å². The molecule has 0 N–H and O–H groups in total. The van der Waals surface area contributed by atoms with Gasteiger partial charge < -0.3 is 14.2 Å². The van der Waals surface area contributed by atoms with Crippen LogP contribution in [0.3, 0.4) is 0 Å². The van der Waals surface area contributed by atoms with Crippen LogP contribution >= 0.6 is 0 Å². The molecule has 0 spiro atoms. The van der Waals surface area contributed by atoms with E-state index in [1.165, 1.54) is 64.2 Å². The second kappa shape index (κ2) is 68.0. The van der Waals surface area contributed by atoms with Crippen LogP contribution in [0, 0.1) is 0 Å². The lowest BCUT2D eigenvalue weighted by Crippen LogP contribution is -2.30. The Kier molecular flexibility index (Phi) is 63.5. The topological polar surface area (TPSA) is 78.9 Å². The van der Waals surface area contributed by atoms with Gasteiger partial charge in [0.05, 0.1) is 0 Å². The summed E-state index contributed by atoms with van der Waals surface area (Å²) in [6.45, 7) is 6.32. The number of carbonyl (C=O) groups is 3. The summed E-state index contributed by atoms with van der Waals surface area (Å²) in [7, 11) is 0. The molecule has 0 saturated heterocycles. The van der Waals surface area contributed by atoms with Crippen LogP contribution in [-0.2, 0) is 28.6 Å². The molecule has 0 aromatic carbocycles. The number of hydrogen-bond donors (Lipinski definition) is 0. The Hall–Kier alpha value is -5.49. The molecule has 0 aromatic rings. The molecule has 1 atom stereocenters. The number of esters is 3. The Labute approximate surface area is 504 Å². The molecule has 0 aliphatic heterocycles. The molecule has 6 nitrogen and oxygen atoms in total. The SMILES string of the molecule is CC/C=C\C/C=C\C/C=C\C/C=C\C/C=C\C/C=C\C/C=C\C/C=C\C/C=C\CCCCCCCCCC(=O)OCC(COC(=O)CCCCCCCCCCCC)OC(=O)CC/C=C\C/C=C\C/C=C\C/C=C\C/C=C\C/C=C\CC. The predicted octanol–water partition coefficient (Wildman–Crippen LogP) is 22.8. The molecular formula is C76H118O6. The average molecular weight is 1130 g/mol. The van der Waals surface area contributed by atoms with Crippen LogP contribution in [0.25, 0.3) is 0 Å². The van der Waals surface area contributed by atoms with Gasteiger partial charge in [0.1, 0.15) is 13.2 Å². The molecule has 1 unspecified atom stereocenters. The van der Waals surface area contributed by atoms with E-state index in [4.69, 9.17) is 14.2 Å². The van der Waals surface area contributed by atoms with E-state index in [1.54, 1.807) is 0 Å². The van der Waals surface area contributed by atoms with Crippen molar-refractivity contribution in [3.8, 4) is 0 Å². The smallest absolute Gasteiger partial charge is 0.306 e. The zero-order valence-corrected chi connectivity index (χ0v) is 52.4. The number of rotatable bonds is 57. The van der Waals surface area contributed by atoms with Crippen molar-refractivity contribution in [2.45, 2.75) is 264 Å². The minimum Gasteiger partial charge on any atom is -0.462 e. The zero-order valence-electron chi connectivity index (χ0n) is 52.4. The fraction of sp³-hybridized carbons (Fsp3) is 0.566. The van der Waals surface area contributed by atoms with Crippen LogP contribution < -0.4 is 0 Å². The van der Waals surface area contributed by atoms with Gasteiger partial charge in [-0.25, -0.2) is 0 Å². The van der Waals surface area contributed by atoms with E-state index in [2.05, 4.69) is 191 Å². The maximum Gasteiger partial charge on any atom is 0.306 e. The summed E-state index contributed by atoms with van der Waals surface area (Å²) in [6.07, 6.45) is 102. The van der Waals surface area contributed by atoms with Gasteiger partial charge in [-0.2, -0.15) is 0 Å². The molecule has 0 aliphatic carbocycles. The van der Waals surface area contributed by atoms with Crippen LogP contribution in [0.4, 0.5) is 0 Å². The number of carbonyl (C=O) groups excluding carboxylic acids is 3. The highest BCUT2D eigenvalue weighted by Crippen LogP contribution is 2.14. The van der Waals surface area contributed by atoms with Gasteiger partial charge in [-0.15, -0.1) is 0 Å². The molecule has 0 heterocycles. The van der Waals surface area contributed by atoms with Crippen molar-refractivity contribution in [2.24, 2.45) is 0 Å². The largest absolute Gasteiger partial charge is 0.462 e. The highest BCUT2D eigenvalue weighted by atomic mass is 16.6. The summed E-state index contributed by atoms with van der Waals surface area (Å²) in [5.74, 6) is -1.02. The van der Waals surface area contributed by atoms with E-state index in [9.17, 15) is 14.4 Å². The number of allylic oxidation sites excluding steroid dienone is 30. The molecule has 0 amide bonds. The molecule has 0 aliphatic rings. The first-order valence-corrected chi connectivity index (χ1v) is 32.8. The van der Waals surface area contributed by atoms with Crippen LogP contribution in [-0.4, -0.2) is 37.2 Å². The maximum atomic E-state index is 12.8. The highest BCUT2D eigenvalue weighted by molar-refractivity contribution is 5.71. The second-order valence-electron chi connectivity index (χ2n) is 20.9. The van der Waals surface area contributed by atoms with Crippen molar-refractivity contribution < 1.29 is 28.6 Å². The summed E-state index contributed by atoms with van der Waals surface area (Å²) in [5.41, 5.74) is 0. The summed E-state index contributed by atoms with van der Waals surface area (Å²) in [6, 6.07) is 0. The second-order valence-corrected chi connectivity index (χ2v) is 20.9. The molecule has 6 heteroatoms. The summed E-state index contributed by atoms with van der Waals surface area (Å²) < 4.78 is 16.8. The van der Waals surface area contributed by atoms with Crippen LogP contribution in [0.2, 0.25) is 0 Å². The van der Waals surface area contributed by atoms with E-state index in [0.717, 1.165) is 148 Å². The van der Waals surface area contributed by atoms with Gasteiger partial charge in [-0.3, -0.25) is 14.4 Å². The Morgan fingerprint density at radius 2 is 0.500 bits per heavy atom. The normalized spacial score (nSPS) is 13.4. The average Bonchev–Trinajstić information content (AvgIpc) is 3.48. The molecule has 0 rings (SSSR count). The molecule has 0 aromatic heterocycles. The number of ether oxygens (including phenoxy) is 3. The van der Waals surface area contributed by atoms with Crippen molar-refractivity contribution in [1.82, 2.24) is 0 Å². The summed E-state index contributed by atoms with van der Waals surface area (Å²) >= 11 is 0. The van der Waals surface area contributed by atoms with E-state index < -0.39 is 12.1 Å². The number of hydrogen-bond acceptors (Lipinski definition) is 6. The van der Waals surface area contributed by atoms with Crippen molar-refractivity contribution >= 4 is 17.9 Å². The molecule has 458 valence electrons. The van der Waals surface area contributed by atoms with Crippen LogP contribution in [0.5, 0.6) is 0 Å². The molecule has 0 fully saturated rings. The first kappa shape index (κ1) is 76.5. The lowest BCUT2D eigenvalue weighted by Gasteiger charge is -2.18. The highest BCUT2D eigenvalue weighted by Gasteiger charge is 2.19. The summed E-state index contributed by atoms with van der Waals surface area (Å²) in [4.78, 5) is 38.2. The molecule has 0 radical (unpaired) electrons. The lowest BCUT2D eigenvalue weighted by atomic mass is 10.1. The van der Waals surface area contributed by atoms with E-state index >= 15 is 0 Å². The minimum atomic E-state index is -0.831. The Morgan fingerprint density at radius 1 is 0.256 bits per heavy atom. The maximum absolute atomic E-state index is 12.8. The standard InChI is InChI=1S/C76H118O6/c1-4-7-10-13-16-19-22-24-26-28-30-31-32-33-34-35-36-37-38-39-40-41-42-43-44-45-47-48-50-52-54-57-60-63-66-69-75(78)81-72-73(71-80-74(77)68-65-62-59-56-21-18-15-12-9-6-3)82-76(79)70-67-64-61-58-55-53-51-49-46-29-27-25-23-20-17-14-11-8-5-2/h7-8,10-11,16-17,19-20,24-27,30-31,33-34,36-37,39-40,42-43,45-47,49,53,55,61,64,73H,4-6,9,12-15,18,21-23,28-29,32,35,38,41,44,48,50-52,54,56-60,62-63,65-72H2,1-3H3/b10-7-,11-8-,19-16-,20-17-,26-24-,27-25-,31-30-,34-33-,37-36-,40-39-,43-42-,47-45-,49-46-,55-53-,64-61-. The van der Waals surface area contributed by atoms with Crippen molar-refractivity contribution in [3.05, 3.63) is 182 Å². The van der Waals surface area contributed by atoms with Gasteiger partial charge in [-0.05, 0) is 128 Å². The van der Waals surface area contributed by atoms with Gasteiger partial charge in [0.2, 0.25) is 0 Å². The van der Waals surface area contributed by atoms with Crippen molar-refractivity contribution in [2.75, 3.05) is 13.2 Å². The molecule has 0 saturated carbocycles. The third-order valence-corrected chi connectivity index (χ3v) is 13.2. The van der Waals surface area contributed by atoms with Gasteiger partial charge in [0.25, 0.3) is 0 Å². The molecule has 82 heavy (non-hydrogen) atoms. The minimum absolute atomic E-state index is 0.118. The van der Waals surface area contributed by atoms with Gasteiger partial charge in [0, 0.05) is 19.3 Å². The number of unbranched alkanes of at least 4 members (excludes halogenated alkanes) is 16. The first-order valence-electron chi connectivity index (χ1n) is 32.8. The van der Waals surface area contributed by atoms with E-state index in [-0.39, 0.29) is 31.6 Å². The first-order chi connectivity index (χ1) is 40.5. The van der Waals surface area contributed by atoms with Gasteiger partial charge >= 0.3 is 17.9 Å². The van der Waals surface area contributed by atoms with Crippen molar-refractivity contribution in [3.63, 3.8) is 0 Å². The fourth-order valence-electron chi connectivity index (χ4n) is 8.34. The van der Waals surface area contributed by atoms with Crippen molar-refractivity contribution in [1.29, 1.82) is 0 Å². The fourth-order valence-corrected chi connectivity index (χ4v) is 8.34. The third-order valence-electron chi connectivity index (χ3n) is 13.2. The van der Waals surface area contributed by atoms with Gasteiger partial charge in [-0.1, -0.05) is 293 Å². The van der Waals surface area contributed by atoms with Crippen LogP contribution in [0.1, 0.15) is 258 Å². The lowest BCUT2D eigenvalue weighted by molar-refractivity contribution is -0.166. The molecule has 0 bridgehead atoms.